The molecule has 1 aliphatic rings. The van der Waals surface area contributed by atoms with Crippen molar-refractivity contribution in [3.63, 3.8) is 0 Å². The predicted octanol–water partition coefficient (Wildman–Crippen LogP) is 5.46. The van der Waals surface area contributed by atoms with Crippen molar-refractivity contribution in [2.24, 2.45) is 0 Å². The molecule has 0 spiro atoms. The summed E-state index contributed by atoms with van der Waals surface area (Å²) >= 11 is 0. The molecule has 0 aromatic rings. The number of halogens is 11. The van der Waals surface area contributed by atoms with Gasteiger partial charge in [-0.25, -0.2) is 0 Å². The van der Waals surface area contributed by atoms with E-state index in [0.717, 1.165) is 12.8 Å². The number of hydrogen-bond acceptors (Lipinski definition) is 2. The molecular weight excluding hydrogens is 409 g/mol. The number of ether oxygens (including phenoxy) is 2. The van der Waals surface area contributed by atoms with Crippen molar-refractivity contribution in [1.29, 1.82) is 0 Å². The second-order valence-corrected chi connectivity index (χ2v) is 6.09. The first-order valence-electron chi connectivity index (χ1n) is 7.85. The van der Waals surface area contributed by atoms with Crippen molar-refractivity contribution in [2.45, 2.75) is 68.1 Å². The molecule has 1 heterocycles. The van der Waals surface area contributed by atoms with Gasteiger partial charge in [0, 0.05) is 19.6 Å². The van der Waals surface area contributed by atoms with Gasteiger partial charge >= 0.3 is 29.9 Å². The minimum absolute atomic E-state index is 0.0791. The minimum atomic E-state index is -7.35. The molecule has 27 heavy (non-hydrogen) atoms. The van der Waals surface area contributed by atoms with Gasteiger partial charge in [-0.15, -0.1) is 0 Å². The van der Waals surface area contributed by atoms with E-state index in [9.17, 15) is 48.3 Å². The molecule has 0 saturated carbocycles. The van der Waals surface area contributed by atoms with E-state index in [1.165, 1.54) is 0 Å². The lowest BCUT2D eigenvalue weighted by atomic mass is 9.95. The minimum Gasteiger partial charge on any atom is -0.379 e. The third-order valence-electron chi connectivity index (χ3n) is 3.96. The van der Waals surface area contributed by atoms with E-state index >= 15 is 0 Å². The molecule has 0 aliphatic carbocycles. The second kappa shape index (κ2) is 8.26. The molecular formula is C14H17F11O2. The van der Waals surface area contributed by atoms with Gasteiger partial charge in [0.15, 0.2) is 0 Å². The van der Waals surface area contributed by atoms with Crippen LogP contribution in [-0.4, -0.2) is 55.8 Å². The largest absolute Gasteiger partial charge is 0.460 e. The lowest BCUT2D eigenvalue weighted by Gasteiger charge is -2.37. The Hall–Kier alpha value is -0.850. The zero-order valence-corrected chi connectivity index (χ0v) is 13.7. The van der Waals surface area contributed by atoms with Crippen LogP contribution in [0.3, 0.4) is 0 Å². The van der Waals surface area contributed by atoms with E-state index < -0.39 is 49.3 Å². The maximum Gasteiger partial charge on any atom is 0.460 e. The van der Waals surface area contributed by atoms with Gasteiger partial charge in [-0.1, -0.05) is 0 Å². The normalized spacial score (nSPS) is 20.8. The van der Waals surface area contributed by atoms with Crippen LogP contribution in [0.15, 0.2) is 0 Å². The van der Waals surface area contributed by atoms with Crippen LogP contribution < -0.4 is 0 Å². The highest BCUT2D eigenvalue weighted by molar-refractivity contribution is 5.06. The molecule has 0 amide bonds. The van der Waals surface area contributed by atoms with E-state index in [4.69, 9.17) is 9.47 Å². The van der Waals surface area contributed by atoms with E-state index in [-0.39, 0.29) is 12.7 Å². The Morgan fingerprint density at radius 2 is 1.37 bits per heavy atom. The molecule has 162 valence electrons. The summed E-state index contributed by atoms with van der Waals surface area (Å²) in [7, 11) is 0. The SMILES string of the molecule is FC(F)(F)C(F)(F)C(F)(F)C(F)(F)C(F)(F)CCCOCC1CCCCO1. The molecule has 2 nitrogen and oxygen atoms in total. The van der Waals surface area contributed by atoms with Gasteiger partial charge in [0.1, 0.15) is 0 Å². The molecule has 1 fully saturated rings. The van der Waals surface area contributed by atoms with Crippen molar-refractivity contribution >= 4 is 0 Å². The van der Waals surface area contributed by atoms with E-state index in [0.29, 0.717) is 13.0 Å². The summed E-state index contributed by atoms with van der Waals surface area (Å²) in [5, 5.41) is 0. The van der Waals surface area contributed by atoms with Crippen LogP contribution >= 0.6 is 0 Å². The summed E-state index contributed by atoms with van der Waals surface area (Å²) in [6, 6.07) is 0. The van der Waals surface area contributed by atoms with Crippen molar-refractivity contribution in [2.75, 3.05) is 19.8 Å². The first-order valence-corrected chi connectivity index (χ1v) is 7.85. The third-order valence-corrected chi connectivity index (χ3v) is 3.96. The molecule has 0 aromatic heterocycles. The van der Waals surface area contributed by atoms with E-state index in [1.54, 1.807) is 0 Å². The van der Waals surface area contributed by atoms with Crippen LogP contribution in [0, 0.1) is 0 Å². The van der Waals surface area contributed by atoms with Gasteiger partial charge in [-0.2, -0.15) is 48.3 Å². The van der Waals surface area contributed by atoms with Gasteiger partial charge in [0.2, 0.25) is 0 Å². The topological polar surface area (TPSA) is 18.5 Å². The fourth-order valence-corrected chi connectivity index (χ4v) is 2.31. The smallest absolute Gasteiger partial charge is 0.379 e. The molecule has 0 radical (unpaired) electrons. The average Bonchev–Trinajstić information content (AvgIpc) is 2.53. The first kappa shape index (κ1) is 24.2. The molecule has 13 heteroatoms. The second-order valence-electron chi connectivity index (χ2n) is 6.09. The Balaban J connectivity index is 2.65. The number of rotatable bonds is 9. The molecule has 1 aliphatic heterocycles. The standard InChI is InChI=1S/C14H17F11O2/c15-10(16,5-3-6-26-8-9-4-1-2-7-27-9)11(17,18)12(19,20)13(21,22)14(23,24)25/h9H,1-8H2. The summed E-state index contributed by atoms with van der Waals surface area (Å²) in [4.78, 5) is 0. The summed E-state index contributed by atoms with van der Waals surface area (Å²) in [5.41, 5.74) is 0. The highest BCUT2D eigenvalue weighted by atomic mass is 19.4. The Labute approximate surface area is 147 Å². The third kappa shape index (κ3) is 4.96. The average molecular weight is 426 g/mol. The van der Waals surface area contributed by atoms with Gasteiger partial charge < -0.3 is 9.47 Å². The van der Waals surface area contributed by atoms with Gasteiger partial charge in [0.05, 0.1) is 12.7 Å². The molecule has 1 unspecified atom stereocenters. The van der Waals surface area contributed by atoms with E-state index in [2.05, 4.69) is 0 Å². The molecule has 0 N–H and O–H groups in total. The van der Waals surface area contributed by atoms with Crippen molar-refractivity contribution in [3.05, 3.63) is 0 Å². The lowest BCUT2D eigenvalue weighted by molar-refractivity contribution is -0.422. The van der Waals surface area contributed by atoms with Crippen molar-refractivity contribution in [1.82, 2.24) is 0 Å². The van der Waals surface area contributed by atoms with Crippen molar-refractivity contribution < 1.29 is 57.8 Å². The molecule has 1 rings (SSSR count). The predicted molar refractivity (Wildman–Crippen MR) is 69.5 cm³/mol. The molecule has 1 saturated heterocycles. The van der Waals surface area contributed by atoms with Gasteiger partial charge in [-0.3, -0.25) is 0 Å². The Morgan fingerprint density at radius 3 is 1.85 bits per heavy atom. The number of alkyl halides is 11. The van der Waals surface area contributed by atoms with Crippen LogP contribution in [0.1, 0.15) is 32.1 Å². The molecule has 0 bridgehead atoms. The quantitative estimate of drug-likeness (QED) is 0.360. The maximum absolute atomic E-state index is 13.4. The first-order chi connectivity index (χ1) is 12.1. The zero-order valence-electron chi connectivity index (χ0n) is 13.7. The molecule has 0 aromatic carbocycles. The summed E-state index contributed by atoms with van der Waals surface area (Å²) < 4.78 is 151. The fourth-order valence-electron chi connectivity index (χ4n) is 2.31. The fraction of sp³-hybridized carbons (Fsp3) is 1.00. The van der Waals surface area contributed by atoms with Gasteiger partial charge in [-0.05, 0) is 25.7 Å². The van der Waals surface area contributed by atoms with Crippen molar-refractivity contribution in [3.8, 4) is 0 Å². The van der Waals surface area contributed by atoms with Crippen LogP contribution in [-0.2, 0) is 9.47 Å². The maximum atomic E-state index is 13.4. The number of hydrogen-bond donors (Lipinski definition) is 0. The monoisotopic (exact) mass is 426 g/mol. The zero-order chi connectivity index (χ0) is 21.1. The summed E-state index contributed by atoms with van der Waals surface area (Å²) in [6.07, 6.45) is -8.30. The van der Waals surface area contributed by atoms with Crippen LogP contribution in [0.25, 0.3) is 0 Å². The van der Waals surface area contributed by atoms with Crippen LogP contribution in [0.4, 0.5) is 48.3 Å². The Bertz CT molecular complexity index is 470. The highest BCUT2D eigenvalue weighted by Gasteiger charge is 2.86. The Kier molecular flexibility index (Phi) is 7.40. The Morgan fingerprint density at radius 1 is 0.778 bits per heavy atom. The summed E-state index contributed by atoms with van der Waals surface area (Å²) in [5.74, 6) is -27.5. The van der Waals surface area contributed by atoms with E-state index in [1.807, 2.05) is 0 Å². The van der Waals surface area contributed by atoms with Crippen LogP contribution in [0.5, 0.6) is 0 Å². The summed E-state index contributed by atoms with van der Waals surface area (Å²) in [6.45, 7) is -0.252. The van der Waals surface area contributed by atoms with Gasteiger partial charge in [0.25, 0.3) is 0 Å². The van der Waals surface area contributed by atoms with Crippen LogP contribution in [0.2, 0.25) is 0 Å². The molecule has 1 atom stereocenters. The lowest BCUT2D eigenvalue weighted by Crippen LogP contribution is -2.66. The highest BCUT2D eigenvalue weighted by Crippen LogP contribution is 2.58.